The maximum absolute atomic E-state index is 4.68. The zero-order valence-electron chi connectivity index (χ0n) is 23.9. The van der Waals surface area contributed by atoms with Crippen LogP contribution < -0.4 is 10.2 Å². The van der Waals surface area contributed by atoms with Crippen LogP contribution in [0.4, 0.5) is 11.6 Å². The molecule has 5 rings (SSSR count). The zero-order valence-corrected chi connectivity index (χ0v) is 23.9. The van der Waals surface area contributed by atoms with E-state index in [1.54, 1.807) is 0 Å². The van der Waals surface area contributed by atoms with Gasteiger partial charge in [-0.05, 0) is 85.8 Å². The lowest BCUT2D eigenvalue weighted by molar-refractivity contribution is 0.379. The van der Waals surface area contributed by atoms with Gasteiger partial charge in [0.15, 0.2) is 0 Å². The number of aryl methyl sites for hydroxylation is 2. The molecule has 1 fully saturated rings. The van der Waals surface area contributed by atoms with Crippen LogP contribution in [0.1, 0.15) is 59.6 Å². The highest BCUT2D eigenvalue weighted by Gasteiger charge is 2.21. The smallest absolute Gasteiger partial charge is 0.225 e. The molecule has 0 saturated carbocycles. The Balaban J connectivity index is 1.11. The largest absolute Gasteiger partial charge is 0.353 e. The fourth-order valence-corrected chi connectivity index (χ4v) is 5.39. The molecule has 1 aliphatic heterocycles. The van der Waals surface area contributed by atoms with Crippen molar-refractivity contribution in [3.63, 3.8) is 0 Å². The molecule has 4 aromatic rings. The van der Waals surface area contributed by atoms with Gasteiger partial charge >= 0.3 is 0 Å². The van der Waals surface area contributed by atoms with Gasteiger partial charge in [-0.25, -0.2) is 9.97 Å². The molecule has 0 spiro atoms. The van der Waals surface area contributed by atoms with Gasteiger partial charge in [0, 0.05) is 18.8 Å². The molecule has 1 aromatic heterocycles. The highest BCUT2D eigenvalue weighted by molar-refractivity contribution is 5.75. The van der Waals surface area contributed by atoms with Crippen molar-refractivity contribution in [3.8, 4) is 0 Å². The molecule has 0 bridgehead atoms. The lowest BCUT2D eigenvalue weighted by Gasteiger charge is -2.32. The Labute approximate surface area is 239 Å². The Morgan fingerprint density at radius 1 is 0.850 bits per heavy atom. The van der Waals surface area contributed by atoms with Crippen molar-refractivity contribution < 1.29 is 0 Å². The van der Waals surface area contributed by atoms with E-state index in [9.17, 15) is 0 Å². The lowest BCUT2D eigenvalue weighted by Crippen LogP contribution is -2.35. The molecule has 0 amide bonds. The van der Waals surface area contributed by atoms with Crippen LogP contribution in [0, 0.1) is 12.8 Å². The van der Waals surface area contributed by atoms with Gasteiger partial charge in [0.2, 0.25) is 5.95 Å². The number of benzene rings is 3. The highest BCUT2D eigenvalue weighted by Crippen LogP contribution is 2.26. The van der Waals surface area contributed by atoms with Gasteiger partial charge in [0.1, 0.15) is 0 Å². The van der Waals surface area contributed by atoms with Crippen LogP contribution >= 0.6 is 0 Å². The first-order valence-corrected chi connectivity index (χ1v) is 14.4. The van der Waals surface area contributed by atoms with E-state index in [4.69, 9.17) is 0 Å². The second-order valence-corrected chi connectivity index (χ2v) is 11.2. The first-order valence-electron chi connectivity index (χ1n) is 14.4. The Morgan fingerprint density at radius 2 is 1.50 bits per heavy atom. The number of hydrogen-bond donors (Lipinski definition) is 1. The molecule has 1 aliphatic rings. The van der Waals surface area contributed by atoms with E-state index in [2.05, 4.69) is 120 Å². The summed E-state index contributed by atoms with van der Waals surface area (Å²) in [5, 5.41) is 3.39. The molecule has 0 radical (unpaired) electrons. The van der Waals surface area contributed by atoms with E-state index in [0.717, 1.165) is 60.3 Å². The van der Waals surface area contributed by atoms with E-state index < -0.39 is 0 Å². The summed E-state index contributed by atoms with van der Waals surface area (Å²) in [5.74, 6) is 1.56. The first-order chi connectivity index (χ1) is 19.4. The minimum Gasteiger partial charge on any atom is -0.353 e. The van der Waals surface area contributed by atoms with Crippen LogP contribution in [0.5, 0.6) is 0 Å². The molecule has 4 heteroatoms. The summed E-state index contributed by atoms with van der Waals surface area (Å²) in [7, 11) is 0. The van der Waals surface area contributed by atoms with Gasteiger partial charge in [-0.3, -0.25) is 0 Å². The highest BCUT2D eigenvalue weighted by atomic mass is 15.3. The quantitative estimate of drug-likeness (QED) is 0.225. The van der Waals surface area contributed by atoms with Crippen molar-refractivity contribution in [3.05, 3.63) is 132 Å². The number of nitrogens with zero attached hydrogens (tertiary/aromatic N) is 3. The summed E-state index contributed by atoms with van der Waals surface area (Å²) in [6, 6.07) is 26.1. The number of rotatable bonds is 10. The maximum atomic E-state index is 4.68. The predicted molar refractivity (Wildman–Crippen MR) is 170 cm³/mol. The Kier molecular flexibility index (Phi) is 8.75. The minimum absolute atomic E-state index is 0.746. The molecular weight excluding hydrogens is 488 g/mol. The van der Waals surface area contributed by atoms with E-state index in [0.29, 0.717) is 0 Å². The number of piperidine rings is 1. The molecule has 4 nitrogen and oxygen atoms in total. The molecule has 40 heavy (non-hydrogen) atoms. The third-order valence-electron chi connectivity index (χ3n) is 7.90. The van der Waals surface area contributed by atoms with Crippen molar-refractivity contribution in [2.45, 2.75) is 46.0 Å². The Morgan fingerprint density at radius 3 is 2.20 bits per heavy atom. The van der Waals surface area contributed by atoms with Crippen LogP contribution in [0.3, 0.4) is 0 Å². The molecule has 3 aromatic carbocycles. The first kappa shape index (κ1) is 27.4. The van der Waals surface area contributed by atoms with Gasteiger partial charge in [-0.1, -0.05) is 91.0 Å². The van der Waals surface area contributed by atoms with Gasteiger partial charge in [-0.15, -0.1) is 0 Å². The molecular formula is C36H40N4. The van der Waals surface area contributed by atoms with Crippen LogP contribution in [0.15, 0.2) is 98.3 Å². The maximum Gasteiger partial charge on any atom is 0.225 e. The van der Waals surface area contributed by atoms with Gasteiger partial charge in [-0.2, -0.15) is 0 Å². The average Bonchev–Trinajstić information content (AvgIpc) is 2.98. The molecule has 0 atom stereocenters. The van der Waals surface area contributed by atoms with Crippen LogP contribution in [0.2, 0.25) is 0 Å². The summed E-state index contributed by atoms with van der Waals surface area (Å²) >= 11 is 0. The van der Waals surface area contributed by atoms with E-state index in [-0.39, 0.29) is 0 Å². The molecule has 0 unspecified atom stereocenters. The van der Waals surface area contributed by atoms with Crippen LogP contribution in [-0.4, -0.2) is 23.1 Å². The Bertz CT molecular complexity index is 1450. The van der Waals surface area contributed by atoms with Gasteiger partial charge < -0.3 is 10.2 Å². The molecule has 1 saturated heterocycles. The second-order valence-electron chi connectivity index (χ2n) is 11.2. The predicted octanol–water partition coefficient (Wildman–Crippen LogP) is 8.34. The number of anilines is 2. The molecule has 0 aliphatic carbocycles. The Hall–Kier alpha value is -4.18. The standard InChI is InChI=1S/C36H40N4/c1-26(2)33-9-5-7-30(22-33)16-15-29-17-19-40(20-18-29)36-37-24-35(25-38-36)39-28(4)34-10-6-8-32(23-34)21-31-13-11-27(3)12-14-31/h5-14,22-25,29,39H,1,4,15-21H2,2-3H3. The zero-order chi connectivity index (χ0) is 27.9. The normalized spacial score (nSPS) is 13.7. The minimum atomic E-state index is 0.746. The topological polar surface area (TPSA) is 41.1 Å². The average molecular weight is 529 g/mol. The van der Waals surface area contributed by atoms with Crippen LogP contribution in [-0.2, 0) is 12.8 Å². The van der Waals surface area contributed by atoms with Crippen molar-refractivity contribution in [2.75, 3.05) is 23.3 Å². The fourth-order valence-electron chi connectivity index (χ4n) is 5.39. The lowest BCUT2D eigenvalue weighted by atomic mass is 9.90. The molecule has 204 valence electrons. The van der Waals surface area contributed by atoms with Gasteiger partial charge in [0.05, 0.1) is 18.1 Å². The fraction of sp³-hybridized carbons (Fsp3) is 0.278. The summed E-state index contributed by atoms with van der Waals surface area (Å²) in [6.07, 6.45) is 9.35. The number of nitrogens with one attached hydrogen (secondary N) is 1. The molecule has 1 N–H and O–H groups in total. The second kappa shape index (κ2) is 12.8. The summed E-state index contributed by atoms with van der Waals surface area (Å²) < 4.78 is 0. The number of hydrogen-bond acceptors (Lipinski definition) is 4. The van der Waals surface area contributed by atoms with Gasteiger partial charge in [0.25, 0.3) is 0 Å². The molecule has 2 heterocycles. The summed E-state index contributed by atoms with van der Waals surface area (Å²) in [6.45, 7) is 14.5. The summed E-state index contributed by atoms with van der Waals surface area (Å²) in [4.78, 5) is 11.7. The van der Waals surface area contributed by atoms with E-state index >= 15 is 0 Å². The number of allylic oxidation sites excluding steroid dienone is 1. The number of aromatic nitrogens is 2. The monoisotopic (exact) mass is 528 g/mol. The van der Waals surface area contributed by atoms with Crippen LogP contribution in [0.25, 0.3) is 11.3 Å². The van der Waals surface area contributed by atoms with Crippen molar-refractivity contribution in [1.29, 1.82) is 0 Å². The van der Waals surface area contributed by atoms with Crippen molar-refractivity contribution >= 4 is 22.9 Å². The van der Waals surface area contributed by atoms with E-state index in [1.807, 2.05) is 12.4 Å². The van der Waals surface area contributed by atoms with E-state index in [1.165, 1.54) is 47.1 Å². The summed E-state index contributed by atoms with van der Waals surface area (Å²) in [5.41, 5.74) is 10.4. The third kappa shape index (κ3) is 7.26. The third-order valence-corrected chi connectivity index (χ3v) is 7.90. The van der Waals surface area contributed by atoms with Crippen molar-refractivity contribution in [2.24, 2.45) is 5.92 Å². The SMILES string of the molecule is C=C(C)c1cccc(CCC2CCN(c3ncc(NC(=C)c4cccc(Cc5ccc(C)cc5)c4)cn3)CC2)c1. The van der Waals surface area contributed by atoms with Crippen molar-refractivity contribution in [1.82, 2.24) is 9.97 Å².